The molecular weight excluding hydrogens is 720 g/mol. The van der Waals surface area contributed by atoms with Crippen LogP contribution in [0, 0.1) is 10.1 Å². The summed E-state index contributed by atoms with van der Waals surface area (Å²) in [4.78, 5) is 72.7. The topological polar surface area (TPSA) is 175 Å². The second-order valence-corrected chi connectivity index (χ2v) is 12.4. The zero-order chi connectivity index (χ0) is 39.9. The number of pyridine rings is 2. The van der Waals surface area contributed by atoms with Crippen LogP contribution in [0.3, 0.4) is 0 Å². The van der Waals surface area contributed by atoms with Crippen molar-refractivity contribution < 1.29 is 38.3 Å². The molecule has 15 nitrogen and oxygen atoms in total. The lowest BCUT2D eigenvalue weighted by atomic mass is 10.1. The standard InChI is InChI=1S/C21H17N3O6.C20H23N3O3/c1-29-20(25)16-7-5-15(6-8-16)14-23(19-4-2-3-13-22-19)21(26)30-18-11-9-17(10-12-18)24(27)28;1-26-19(24)17-10-8-16(9-11-17)15-23(18-7-3-4-12-21-18)20(25)22-13-5-2-6-14-22/h2-13H,14H2,1H3;3-4,7-12H,2,5-6,13-15H2,1H3. The van der Waals surface area contributed by atoms with Crippen LogP contribution in [-0.4, -0.2) is 71.2 Å². The van der Waals surface area contributed by atoms with Crippen LogP contribution >= 0.6 is 0 Å². The first-order chi connectivity index (χ1) is 27.2. The monoisotopic (exact) mass is 760 g/mol. The van der Waals surface area contributed by atoms with Gasteiger partial charge >= 0.3 is 24.1 Å². The molecule has 1 aliphatic rings. The summed E-state index contributed by atoms with van der Waals surface area (Å²) in [6.07, 6.45) is 5.77. The number of nitrogens with zero attached hydrogens (tertiary/aromatic N) is 6. The minimum Gasteiger partial charge on any atom is -0.465 e. The Morgan fingerprint density at radius 3 is 1.59 bits per heavy atom. The smallest absolute Gasteiger partial charge is 0.421 e. The third kappa shape index (κ3) is 10.9. The van der Waals surface area contributed by atoms with Crippen molar-refractivity contribution in [2.75, 3.05) is 37.1 Å². The number of esters is 2. The molecule has 0 bridgehead atoms. The second-order valence-electron chi connectivity index (χ2n) is 12.4. The van der Waals surface area contributed by atoms with Crippen LogP contribution in [0.4, 0.5) is 26.9 Å². The first-order valence-electron chi connectivity index (χ1n) is 17.6. The molecule has 288 valence electrons. The minimum atomic E-state index is -0.709. The molecule has 0 aliphatic carbocycles. The summed E-state index contributed by atoms with van der Waals surface area (Å²) in [7, 11) is 2.66. The number of hydrogen-bond donors (Lipinski definition) is 0. The largest absolute Gasteiger partial charge is 0.465 e. The maximum Gasteiger partial charge on any atom is 0.421 e. The molecule has 0 unspecified atom stereocenters. The molecule has 3 amide bonds. The van der Waals surface area contributed by atoms with Crippen LogP contribution in [0.1, 0.15) is 51.1 Å². The summed E-state index contributed by atoms with van der Waals surface area (Å²) in [6.45, 7) is 2.09. The van der Waals surface area contributed by atoms with Crippen molar-refractivity contribution >= 4 is 41.4 Å². The number of urea groups is 1. The van der Waals surface area contributed by atoms with Gasteiger partial charge in [0.1, 0.15) is 17.4 Å². The van der Waals surface area contributed by atoms with Gasteiger partial charge in [0.25, 0.3) is 5.69 Å². The van der Waals surface area contributed by atoms with Gasteiger partial charge in [-0.3, -0.25) is 19.9 Å². The van der Waals surface area contributed by atoms with Gasteiger partial charge in [0.2, 0.25) is 0 Å². The molecule has 3 heterocycles. The Balaban J connectivity index is 0.000000216. The summed E-state index contributed by atoms with van der Waals surface area (Å²) in [5.41, 5.74) is 2.42. The number of ether oxygens (including phenoxy) is 3. The molecule has 0 radical (unpaired) electrons. The van der Waals surface area contributed by atoms with Crippen LogP contribution < -0.4 is 14.5 Å². The van der Waals surface area contributed by atoms with E-state index in [0.717, 1.165) is 37.1 Å². The number of piperidine rings is 1. The van der Waals surface area contributed by atoms with Crippen LogP contribution in [-0.2, 0) is 22.6 Å². The minimum absolute atomic E-state index is 0.0274. The fraction of sp³-hybridized carbons (Fsp3) is 0.220. The first-order valence-corrected chi connectivity index (χ1v) is 17.6. The highest BCUT2D eigenvalue weighted by Crippen LogP contribution is 2.22. The Kier molecular flexibility index (Phi) is 14.1. The van der Waals surface area contributed by atoms with Crippen molar-refractivity contribution in [2.24, 2.45) is 0 Å². The molecule has 0 atom stereocenters. The fourth-order valence-electron chi connectivity index (χ4n) is 5.65. The van der Waals surface area contributed by atoms with E-state index in [-0.39, 0.29) is 30.0 Å². The molecule has 3 aromatic carbocycles. The highest BCUT2D eigenvalue weighted by molar-refractivity contribution is 5.92. The molecule has 56 heavy (non-hydrogen) atoms. The Labute approximate surface area is 323 Å². The molecule has 1 saturated heterocycles. The highest BCUT2D eigenvalue weighted by atomic mass is 16.6. The van der Waals surface area contributed by atoms with E-state index < -0.39 is 17.0 Å². The van der Waals surface area contributed by atoms with E-state index >= 15 is 0 Å². The predicted molar refractivity (Wildman–Crippen MR) is 206 cm³/mol. The van der Waals surface area contributed by atoms with Gasteiger partial charge in [-0.25, -0.2) is 29.1 Å². The Bertz CT molecular complexity index is 2080. The average Bonchev–Trinajstić information content (AvgIpc) is 3.25. The summed E-state index contributed by atoms with van der Waals surface area (Å²) >= 11 is 0. The van der Waals surface area contributed by atoms with Crippen LogP contribution in [0.2, 0.25) is 0 Å². The van der Waals surface area contributed by atoms with Gasteiger partial charge in [-0.1, -0.05) is 36.4 Å². The number of methoxy groups -OCH3 is 2. The SMILES string of the molecule is COC(=O)c1ccc(CN(C(=O)N2CCCCC2)c2ccccn2)cc1.COC(=O)c1ccc(CN(C(=O)Oc2ccc([N+](=O)[O-])cc2)c2ccccn2)cc1. The number of carbonyl (C=O) groups excluding carboxylic acids is 4. The molecular formula is C41H40N6O9. The number of rotatable bonds is 10. The van der Waals surface area contributed by atoms with Crippen LogP contribution in [0.5, 0.6) is 5.75 Å². The quantitative estimate of drug-likeness (QED) is 0.0785. The fourth-order valence-corrected chi connectivity index (χ4v) is 5.65. The lowest BCUT2D eigenvalue weighted by Gasteiger charge is -2.32. The van der Waals surface area contributed by atoms with E-state index in [1.54, 1.807) is 71.9 Å². The van der Waals surface area contributed by atoms with Crippen molar-refractivity contribution in [3.63, 3.8) is 0 Å². The molecule has 0 spiro atoms. The van der Waals surface area contributed by atoms with E-state index in [2.05, 4.69) is 14.7 Å². The predicted octanol–water partition coefficient (Wildman–Crippen LogP) is 7.46. The third-order valence-corrected chi connectivity index (χ3v) is 8.61. The Hall–Kier alpha value is -7.16. The van der Waals surface area contributed by atoms with Gasteiger partial charge in [0.15, 0.2) is 0 Å². The Morgan fingerprint density at radius 2 is 1.14 bits per heavy atom. The molecule has 0 saturated carbocycles. The zero-order valence-electron chi connectivity index (χ0n) is 30.9. The number of nitro groups is 1. The molecule has 2 aromatic heterocycles. The number of likely N-dealkylation sites (tertiary alicyclic amines) is 1. The first kappa shape index (κ1) is 40.0. The number of nitro benzene ring substituents is 1. The number of non-ortho nitro benzene ring substituents is 1. The number of aromatic nitrogens is 2. The van der Waals surface area contributed by atoms with E-state index in [4.69, 9.17) is 9.47 Å². The molecule has 15 heteroatoms. The van der Waals surface area contributed by atoms with Gasteiger partial charge in [0.05, 0.1) is 43.4 Å². The van der Waals surface area contributed by atoms with Gasteiger partial charge in [0, 0.05) is 37.6 Å². The van der Waals surface area contributed by atoms with Crippen LogP contribution in [0.25, 0.3) is 0 Å². The Morgan fingerprint density at radius 1 is 0.661 bits per heavy atom. The van der Waals surface area contributed by atoms with Gasteiger partial charge in [-0.2, -0.15) is 0 Å². The lowest BCUT2D eigenvalue weighted by molar-refractivity contribution is -0.384. The van der Waals surface area contributed by atoms with E-state index in [1.807, 2.05) is 35.2 Å². The molecule has 1 aliphatic heterocycles. The number of amides is 3. The molecule has 1 fully saturated rings. The zero-order valence-corrected chi connectivity index (χ0v) is 30.9. The van der Waals surface area contributed by atoms with E-state index in [0.29, 0.717) is 29.3 Å². The van der Waals surface area contributed by atoms with Crippen molar-refractivity contribution in [3.8, 4) is 5.75 Å². The van der Waals surface area contributed by atoms with Crippen molar-refractivity contribution in [2.45, 2.75) is 32.4 Å². The van der Waals surface area contributed by atoms with Gasteiger partial charge < -0.3 is 19.1 Å². The normalized spacial score (nSPS) is 11.9. The van der Waals surface area contributed by atoms with E-state index in [1.165, 1.54) is 49.8 Å². The van der Waals surface area contributed by atoms with E-state index in [9.17, 15) is 29.3 Å². The van der Waals surface area contributed by atoms with Crippen molar-refractivity contribution in [1.82, 2.24) is 14.9 Å². The second kappa shape index (κ2) is 19.8. The maximum absolute atomic E-state index is 13.1. The van der Waals surface area contributed by atoms with Crippen molar-refractivity contribution in [1.29, 1.82) is 0 Å². The molecule has 5 aromatic rings. The lowest BCUT2D eigenvalue weighted by Crippen LogP contribution is -2.45. The highest BCUT2D eigenvalue weighted by Gasteiger charge is 2.25. The summed E-state index contributed by atoms with van der Waals surface area (Å²) in [5, 5.41) is 10.8. The average molecular weight is 761 g/mol. The van der Waals surface area contributed by atoms with Gasteiger partial charge in [-0.05, 0) is 91.1 Å². The van der Waals surface area contributed by atoms with Crippen molar-refractivity contribution in [3.05, 3.63) is 154 Å². The number of carbonyl (C=O) groups is 4. The molecule has 0 N–H and O–H groups in total. The van der Waals surface area contributed by atoms with Crippen LogP contribution in [0.15, 0.2) is 122 Å². The van der Waals surface area contributed by atoms with Gasteiger partial charge in [-0.15, -0.1) is 0 Å². The number of benzene rings is 3. The number of anilines is 2. The third-order valence-electron chi connectivity index (χ3n) is 8.61. The number of hydrogen-bond acceptors (Lipinski definition) is 11. The summed E-state index contributed by atoms with van der Waals surface area (Å²) < 4.78 is 14.8. The maximum atomic E-state index is 13.1. The molecule has 6 rings (SSSR count). The summed E-state index contributed by atoms with van der Waals surface area (Å²) in [5.74, 6) is 0.317. The summed E-state index contributed by atoms with van der Waals surface area (Å²) in [6, 6.07) is 29.5.